The summed E-state index contributed by atoms with van der Waals surface area (Å²) in [6, 6.07) is 12.2. The van der Waals surface area contributed by atoms with Crippen LogP contribution >= 0.6 is 12.2 Å². The van der Waals surface area contributed by atoms with Crippen LogP contribution in [0.1, 0.15) is 18.9 Å². The summed E-state index contributed by atoms with van der Waals surface area (Å²) in [5.74, 6) is 0.819. The molecular formula is C18H23N3O2S. The minimum absolute atomic E-state index is 0.458. The van der Waals surface area contributed by atoms with Gasteiger partial charge in [0.05, 0.1) is 19.4 Å². The van der Waals surface area contributed by atoms with E-state index in [1.165, 1.54) is 0 Å². The average Bonchev–Trinajstić information content (AvgIpc) is 2.61. The summed E-state index contributed by atoms with van der Waals surface area (Å²) in [4.78, 5) is 0. The van der Waals surface area contributed by atoms with E-state index in [0.29, 0.717) is 24.9 Å². The lowest BCUT2D eigenvalue weighted by Gasteiger charge is -2.11. The normalized spacial score (nSPS) is 10.9. The van der Waals surface area contributed by atoms with Crippen molar-refractivity contribution in [1.82, 2.24) is 10.7 Å². The van der Waals surface area contributed by atoms with Gasteiger partial charge in [-0.2, -0.15) is 5.10 Å². The number of ether oxygens (including phenoxy) is 2. The van der Waals surface area contributed by atoms with Crippen LogP contribution in [0, 0.1) is 0 Å². The zero-order chi connectivity index (χ0) is 17.2. The van der Waals surface area contributed by atoms with Gasteiger partial charge in [-0.05, 0) is 35.5 Å². The second-order valence-corrected chi connectivity index (χ2v) is 5.57. The minimum Gasteiger partial charge on any atom is -0.493 e. The first-order chi connectivity index (χ1) is 11.8. The molecule has 2 N–H and O–H groups in total. The molecule has 0 radical (unpaired) electrons. The predicted molar refractivity (Wildman–Crippen MR) is 103 cm³/mol. The van der Waals surface area contributed by atoms with E-state index in [4.69, 9.17) is 21.7 Å². The van der Waals surface area contributed by atoms with Gasteiger partial charge in [0, 0.05) is 19.2 Å². The monoisotopic (exact) mass is 345 g/mol. The molecular weight excluding hydrogens is 322 g/mol. The maximum absolute atomic E-state index is 5.85. The lowest BCUT2D eigenvalue weighted by molar-refractivity contribution is 0.204. The van der Waals surface area contributed by atoms with E-state index in [-0.39, 0.29) is 0 Å². The SMILES string of the molecule is CCCOc1ccc2ccccc2c1/C=N\NC(=S)NCCOC. The number of hydrogen-bond donors (Lipinski definition) is 2. The summed E-state index contributed by atoms with van der Waals surface area (Å²) in [6.45, 7) is 3.98. The number of benzene rings is 2. The maximum atomic E-state index is 5.85. The molecule has 0 atom stereocenters. The number of thiocarbonyl (C=S) groups is 1. The Labute approximate surface area is 148 Å². The summed E-state index contributed by atoms with van der Waals surface area (Å²) in [5, 5.41) is 9.94. The second kappa shape index (κ2) is 9.85. The van der Waals surface area contributed by atoms with Crippen molar-refractivity contribution in [1.29, 1.82) is 0 Å². The Morgan fingerprint density at radius 3 is 2.83 bits per heavy atom. The Hall–Kier alpha value is -2.18. The molecule has 0 unspecified atom stereocenters. The third-order valence-corrected chi connectivity index (χ3v) is 3.58. The molecule has 0 aromatic heterocycles. The first kappa shape index (κ1) is 18.2. The molecule has 0 fully saturated rings. The molecule has 2 rings (SSSR count). The van der Waals surface area contributed by atoms with Gasteiger partial charge in [0.25, 0.3) is 0 Å². The topological polar surface area (TPSA) is 54.9 Å². The lowest BCUT2D eigenvalue weighted by atomic mass is 10.0. The molecule has 2 aromatic rings. The first-order valence-electron chi connectivity index (χ1n) is 7.96. The van der Waals surface area contributed by atoms with Crippen LogP contribution in [0.15, 0.2) is 41.5 Å². The van der Waals surface area contributed by atoms with Crippen LogP contribution in [0.5, 0.6) is 5.75 Å². The first-order valence-corrected chi connectivity index (χ1v) is 8.37. The van der Waals surface area contributed by atoms with Crippen molar-refractivity contribution in [3.8, 4) is 5.75 Å². The molecule has 0 aliphatic rings. The van der Waals surface area contributed by atoms with E-state index in [0.717, 1.165) is 28.5 Å². The van der Waals surface area contributed by atoms with Crippen molar-refractivity contribution in [3.63, 3.8) is 0 Å². The largest absolute Gasteiger partial charge is 0.493 e. The Morgan fingerprint density at radius 2 is 2.04 bits per heavy atom. The lowest BCUT2D eigenvalue weighted by Crippen LogP contribution is -2.34. The molecule has 0 spiro atoms. The van der Waals surface area contributed by atoms with E-state index < -0.39 is 0 Å². The number of rotatable bonds is 8. The van der Waals surface area contributed by atoms with Crippen molar-refractivity contribution in [3.05, 3.63) is 42.0 Å². The van der Waals surface area contributed by atoms with Gasteiger partial charge < -0.3 is 14.8 Å². The van der Waals surface area contributed by atoms with Crippen LogP contribution < -0.4 is 15.5 Å². The Bertz CT molecular complexity index is 704. The van der Waals surface area contributed by atoms with Crippen molar-refractivity contribution in [2.75, 3.05) is 26.9 Å². The number of methoxy groups -OCH3 is 1. The van der Waals surface area contributed by atoms with E-state index >= 15 is 0 Å². The molecule has 0 aliphatic carbocycles. The van der Waals surface area contributed by atoms with Gasteiger partial charge in [-0.25, -0.2) is 0 Å². The van der Waals surface area contributed by atoms with Crippen molar-refractivity contribution >= 4 is 34.3 Å². The number of fused-ring (bicyclic) bond motifs is 1. The summed E-state index contributed by atoms with van der Waals surface area (Å²) >= 11 is 5.16. The van der Waals surface area contributed by atoms with Gasteiger partial charge in [-0.3, -0.25) is 5.43 Å². The molecule has 24 heavy (non-hydrogen) atoms. The third kappa shape index (κ3) is 5.18. The number of hydrogen-bond acceptors (Lipinski definition) is 4. The van der Waals surface area contributed by atoms with Gasteiger partial charge >= 0.3 is 0 Å². The molecule has 0 saturated carbocycles. The third-order valence-electron chi connectivity index (χ3n) is 3.34. The standard InChI is InChI=1S/C18H23N3O2S/c1-3-11-23-17-9-8-14-6-4-5-7-15(14)16(17)13-20-21-18(24)19-10-12-22-2/h4-9,13H,3,10-12H2,1-2H3,(H2,19,21,24)/b20-13-. The van der Waals surface area contributed by atoms with Crippen molar-refractivity contribution in [2.45, 2.75) is 13.3 Å². The van der Waals surface area contributed by atoms with E-state index in [1.54, 1.807) is 13.3 Å². The molecule has 0 amide bonds. The fourth-order valence-corrected chi connectivity index (χ4v) is 2.36. The molecule has 128 valence electrons. The minimum atomic E-state index is 0.458. The van der Waals surface area contributed by atoms with Crippen LogP contribution in [0.25, 0.3) is 10.8 Å². The number of nitrogens with one attached hydrogen (secondary N) is 2. The smallest absolute Gasteiger partial charge is 0.187 e. The van der Waals surface area contributed by atoms with Crippen LogP contribution in [0.2, 0.25) is 0 Å². The van der Waals surface area contributed by atoms with Crippen molar-refractivity contribution in [2.24, 2.45) is 5.10 Å². The zero-order valence-electron chi connectivity index (χ0n) is 14.0. The molecule has 6 heteroatoms. The van der Waals surface area contributed by atoms with E-state index in [9.17, 15) is 0 Å². The summed E-state index contributed by atoms with van der Waals surface area (Å²) in [5.41, 5.74) is 3.76. The van der Waals surface area contributed by atoms with E-state index in [1.807, 2.05) is 18.2 Å². The van der Waals surface area contributed by atoms with Crippen LogP contribution in [-0.2, 0) is 4.74 Å². The maximum Gasteiger partial charge on any atom is 0.187 e. The molecule has 2 aromatic carbocycles. The van der Waals surface area contributed by atoms with Gasteiger partial charge in [0.2, 0.25) is 0 Å². The van der Waals surface area contributed by atoms with Crippen LogP contribution in [-0.4, -0.2) is 38.2 Å². The average molecular weight is 345 g/mol. The zero-order valence-corrected chi connectivity index (χ0v) is 14.9. The van der Waals surface area contributed by atoms with Gasteiger partial charge in [0.15, 0.2) is 5.11 Å². The summed E-state index contributed by atoms with van der Waals surface area (Å²) < 4.78 is 10.8. The van der Waals surface area contributed by atoms with Gasteiger partial charge in [-0.1, -0.05) is 37.3 Å². The molecule has 0 saturated heterocycles. The molecule has 5 nitrogen and oxygen atoms in total. The summed E-state index contributed by atoms with van der Waals surface area (Å²) in [7, 11) is 1.65. The molecule has 0 heterocycles. The fourth-order valence-electron chi connectivity index (χ4n) is 2.21. The number of hydrazone groups is 1. The van der Waals surface area contributed by atoms with Crippen molar-refractivity contribution < 1.29 is 9.47 Å². The fraction of sp³-hybridized carbons (Fsp3) is 0.333. The second-order valence-electron chi connectivity index (χ2n) is 5.17. The number of nitrogens with zero attached hydrogens (tertiary/aromatic N) is 1. The van der Waals surface area contributed by atoms with Crippen LogP contribution in [0.4, 0.5) is 0 Å². The predicted octanol–water partition coefficient (Wildman–Crippen LogP) is 3.07. The molecule has 0 bridgehead atoms. The highest BCUT2D eigenvalue weighted by Crippen LogP contribution is 2.26. The Kier molecular flexibility index (Phi) is 7.45. The highest BCUT2D eigenvalue weighted by atomic mass is 32.1. The van der Waals surface area contributed by atoms with Gasteiger partial charge in [0.1, 0.15) is 5.75 Å². The highest BCUT2D eigenvalue weighted by Gasteiger charge is 2.07. The Balaban J connectivity index is 2.15. The summed E-state index contributed by atoms with van der Waals surface area (Å²) in [6.07, 6.45) is 2.70. The Morgan fingerprint density at radius 1 is 1.21 bits per heavy atom. The quantitative estimate of drug-likeness (QED) is 0.333. The van der Waals surface area contributed by atoms with Crippen LogP contribution in [0.3, 0.4) is 0 Å². The van der Waals surface area contributed by atoms with Gasteiger partial charge in [-0.15, -0.1) is 0 Å². The highest BCUT2D eigenvalue weighted by molar-refractivity contribution is 7.80. The molecule has 0 aliphatic heterocycles. The van der Waals surface area contributed by atoms with E-state index in [2.05, 4.69) is 41.0 Å².